The fourth-order valence-electron chi connectivity index (χ4n) is 2.67. The van der Waals surface area contributed by atoms with E-state index in [1.54, 1.807) is 0 Å². The lowest BCUT2D eigenvalue weighted by Gasteiger charge is -2.07. The Labute approximate surface area is 109 Å². The van der Waals surface area contributed by atoms with Crippen molar-refractivity contribution >= 4 is 10.9 Å². The van der Waals surface area contributed by atoms with Crippen LogP contribution in [0.3, 0.4) is 0 Å². The first kappa shape index (κ1) is 13.1. The van der Waals surface area contributed by atoms with Gasteiger partial charge in [-0.15, -0.1) is 0 Å². The Morgan fingerprint density at radius 3 is 2.44 bits per heavy atom. The fourth-order valence-corrected chi connectivity index (χ4v) is 2.67. The molecule has 0 spiro atoms. The van der Waals surface area contributed by atoms with Gasteiger partial charge < -0.3 is 16.0 Å². The van der Waals surface area contributed by atoms with Gasteiger partial charge in [0.1, 0.15) is 0 Å². The average molecular weight is 245 g/mol. The van der Waals surface area contributed by atoms with Gasteiger partial charge in [0.25, 0.3) is 0 Å². The van der Waals surface area contributed by atoms with Crippen LogP contribution in [0.5, 0.6) is 0 Å². The molecular weight excluding hydrogens is 222 g/mol. The van der Waals surface area contributed by atoms with Crippen molar-refractivity contribution in [2.24, 2.45) is 11.5 Å². The molecule has 0 radical (unpaired) electrons. The lowest BCUT2D eigenvalue weighted by Crippen LogP contribution is -2.05. The van der Waals surface area contributed by atoms with Crippen LogP contribution in [0.1, 0.15) is 23.1 Å². The Balaban J connectivity index is 2.60. The van der Waals surface area contributed by atoms with E-state index in [1.165, 1.54) is 27.6 Å². The van der Waals surface area contributed by atoms with Gasteiger partial charge in [-0.3, -0.25) is 0 Å². The molecule has 0 aliphatic heterocycles. The Hall–Kier alpha value is -1.32. The summed E-state index contributed by atoms with van der Waals surface area (Å²) in [5, 5.41) is 1.39. The van der Waals surface area contributed by atoms with E-state index in [2.05, 4.69) is 36.7 Å². The normalized spacial score (nSPS) is 11.3. The van der Waals surface area contributed by atoms with Gasteiger partial charge in [-0.2, -0.15) is 0 Å². The van der Waals surface area contributed by atoms with E-state index in [9.17, 15) is 0 Å². The number of hydrogen-bond donors (Lipinski definition) is 2. The highest BCUT2D eigenvalue weighted by atomic mass is 15.0. The van der Waals surface area contributed by atoms with Crippen LogP contribution >= 0.6 is 0 Å². The second-order valence-corrected chi connectivity index (χ2v) is 4.95. The highest BCUT2D eigenvalue weighted by molar-refractivity contribution is 5.89. The number of aromatic nitrogens is 1. The Bertz CT molecular complexity index is 540. The molecule has 0 amide bonds. The lowest BCUT2D eigenvalue weighted by atomic mass is 10.0. The molecule has 0 saturated carbocycles. The van der Waals surface area contributed by atoms with Crippen LogP contribution in [0.25, 0.3) is 10.9 Å². The third-order valence-corrected chi connectivity index (χ3v) is 3.52. The molecule has 2 rings (SSSR count). The molecule has 1 aromatic heterocycles. The van der Waals surface area contributed by atoms with Crippen LogP contribution in [-0.4, -0.2) is 17.7 Å². The zero-order valence-corrected chi connectivity index (χ0v) is 11.4. The number of benzene rings is 1. The SMILES string of the molecule is Cc1ccc(C)c2c1c(CCN)cn2CCCN. The second kappa shape index (κ2) is 5.55. The quantitative estimate of drug-likeness (QED) is 0.847. The van der Waals surface area contributed by atoms with Gasteiger partial charge in [-0.1, -0.05) is 12.1 Å². The number of nitrogens with zero attached hydrogens (tertiary/aromatic N) is 1. The number of aryl methyl sites for hydroxylation is 3. The summed E-state index contributed by atoms with van der Waals surface area (Å²) in [7, 11) is 0. The van der Waals surface area contributed by atoms with Gasteiger partial charge in [-0.05, 0) is 56.5 Å². The summed E-state index contributed by atoms with van der Waals surface area (Å²) in [5.74, 6) is 0. The van der Waals surface area contributed by atoms with Crippen LogP contribution in [-0.2, 0) is 13.0 Å². The summed E-state index contributed by atoms with van der Waals surface area (Å²) in [5.41, 5.74) is 16.7. The van der Waals surface area contributed by atoms with Crippen molar-refractivity contribution in [1.82, 2.24) is 4.57 Å². The number of hydrogen-bond acceptors (Lipinski definition) is 2. The molecule has 4 N–H and O–H groups in total. The monoisotopic (exact) mass is 245 g/mol. The molecule has 0 bridgehead atoms. The van der Waals surface area contributed by atoms with E-state index >= 15 is 0 Å². The van der Waals surface area contributed by atoms with Crippen molar-refractivity contribution in [1.29, 1.82) is 0 Å². The Kier molecular flexibility index (Phi) is 4.04. The predicted molar refractivity (Wildman–Crippen MR) is 77.8 cm³/mol. The third kappa shape index (κ3) is 2.28. The summed E-state index contributed by atoms with van der Waals surface area (Å²) in [6.45, 7) is 6.77. The number of fused-ring (bicyclic) bond motifs is 1. The number of nitrogens with two attached hydrogens (primary N) is 2. The maximum Gasteiger partial charge on any atom is 0.0515 e. The predicted octanol–water partition coefficient (Wildman–Crippen LogP) is 2.11. The van der Waals surface area contributed by atoms with Crippen LogP contribution in [0, 0.1) is 13.8 Å². The van der Waals surface area contributed by atoms with E-state index < -0.39 is 0 Å². The van der Waals surface area contributed by atoms with E-state index in [0.717, 1.165) is 25.9 Å². The minimum Gasteiger partial charge on any atom is -0.347 e. The molecule has 0 aliphatic rings. The summed E-state index contributed by atoms with van der Waals surface area (Å²) in [4.78, 5) is 0. The highest BCUT2D eigenvalue weighted by Gasteiger charge is 2.12. The second-order valence-electron chi connectivity index (χ2n) is 4.95. The Morgan fingerprint density at radius 2 is 1.78 bits per heavy atom. The van der Waals surface area contributed by atoms with Gasteiger partial charge in [0, 0.05) is 18.1 Å². The molecule has 18 heavy (non-hydrogen) atoms. The largest absolute Gasteiger partial charge is 0.347 e. The maximum absolute atomic E-state index is 5.72. The summed E-state index contributed by atoms with van der Waals surface area (Å²) >= 11 is 0. The van der Waals surface area contributed by atoms with E-state index in [-0.39, 0.29) is 0 Å². The molecule has 2 aromatic rings. The molecule has 0 fully saturated rings. The first-order valence-corrected chi connectivity index (χ1v) is 6.67. The standard InChI is InChI=1S/C15H23N3/c1-11-4-5-12(2)15-14(11)13(6-8-17)10-18(15)9-3-7-16/h4-5,10H,3,6-9,16-17H2,1-2H3. The van der Waals surface area contributed by atoms with Gasteiger partial charge in [-0.25, -0.2) is 0 Å². The zero-order chi connectivity index (χ0) is 13.1. The van der Waals surface area contributed by atoms with Crippen LogP contribution in [0.2, 0.25) is 0 Å². The molecule has 3 nitrogen and oxygen atoms in total. The van der Waals surface area contributed by atoms with Gasteiger partial charge >= 0.3 is 0 Å². The first-order valence-electron chi connectivity index (χ1n) is 6.67. The minimum absolute atomic E-state index is 0.698. The fraction of sp³-hybridized carbons (Fsp3) is 0.467. The molecule has 98 valence electrons. The van der Waals surface area contributed by atoms with Crippen molar-refractivity contribution in [3.63, 3.8) is 0 Å². The van der Waals surface area contributed by atoms with E-state index in [4.69, 9.17) is 11.5 Å². The van der Waals surface area contributed by atoms with Crippen molar-refractivity contribution in [3.8, 4) is 0 Å². The first-order chi connectivity index (χ1) is 8.69. The van der Waals surface area contributed by atoms with Crippen LogP contribution < -0.4 is 11.5 Å². The van der Waals surface area contributed by atoms with Gasteiger partial charge in [0.05, 0.1) is 5.52 Å². The smallest absolute Gasteiger partial charge is 0.0515 e. The summed E-state index contributed by atoms with van der Waals surface area (Å²) in [6.07, 6.45) is 4.21. The van der Waals surface area contributed by atoms with E-state index in [0.29, 0.717) is 6.54 Å². The van der Waals surface area contributed by atoms with Crippen molar-refractivity contribution < 1.29 is 0 Å². The van der Waals surface area contributed by atoms with Crippen molar-refractivity contribution in [2.75, 3.05) is 13.1 Å². The molecular formula is C15H23N3. The van der Waals surface area contributed by atoms with Crippen LogP contribution in [0.4, 0.5) is 0 Å². The summed E-state index contributed by atoms with van der Waals surface area (Å²) < 4.78 is 2.34. The zero-order valence-electron chi connectivity index (χ0n) is 11.4. The maximum atomic E-state index is 5.72. The lowest BCUT2D eigenvalue weighted by molar-refractivity contribution is 0.667. The van der Waals surface area contributed by atoms with Gasteiger partial charge in [0.2, 0.25) is 0 Å². The Morgan fingerprint density at radius 1 is 1.06 bits per heavy atom. The molecule has 0 saturated heterocycles. The minimum atomic E-state index is 0.698. The number of rotatable bonds is 5. The van der Waals surface area contributed by atoms with Crippen molar-refractivity contribution in [2.45, 2.75) is 33.2 Å². The molecule has 0 aliphatic carbocycles. The van der Waals surface area contributed by atoms with Crippen molar-refractivity contribution in [3.05, 3.63) is 35.0 Å². The van der Waals surface area contributed by atoms with Crippen LogP contribution in [0.15, 0.2) is 18.3 Å². The summed E-state index contributed by atoms with van der Waals surface area (Å²) in [6, 6.07) is 4.40. The highest BCUT2D eigenvalue weighted by Crippen LogP contribution is 2.28. The molecule has 0 atom stereocenters. The van der Waals surface area contributed by atoms with Gasteiger partial charge in [0.15, 0.2) is 0 Å². The average Bonchev–Trinajstić information content (AvgIpc) is 2.72. The molecule has 1 aromatic carbocycles. The molecule has 0 unspecified atom stereocenters. The topological polar surface area (TPSA) is 57.0 Å². The van der Waals surface area contributed by atoms with E-state index in [1.807, 2.05) is 0 Å². The molecule has 3 heteroatoms. The molecule has 1 heterocycles. The third-order valence-electron chi connectivity index (χ3n) is 3.52.